The molecule has 4 heteroatoms. The molecule has 0 bridgehead atoms. The summed E-state index contributed by atoms with van der Waals surface area (Å²) < 4.78 is 5.05. The van der Waals surface area contributed by atoms with Gasteiger partial charge in [0.2, 0.25) is 11.7 Å². The van der Waals surface area contributed by atoms with Gasteiger partial charge < -0.3 is 10.3 Å². The molecular weight excluding hydrogens is 190 g/mol. The fourth-order valence-electron chi connectivity index (χ4n) is 1.35. The minimum absolute atomic E-state index is 0.227. The van der Waals surface area contributed by atoms with Crippen LogP contribution in [0.4, 0.5) is 0 Å². The van der Waals surface area contributed by atoms with E-state index >= 15 is 0 Å². The third-order valence-electron chi connectivity index (χ3n) is 2.22. The molecule has 0 amide bonds. The van der Waals surface area contributed by atoms with E-state index < -0.39 is 0 Å². The van der Waals surface area contributed by atoms with E-state index in [1.54, 1.807) is 0 Å². The van der Waals surface area contributed by atoms with E-state index in [9.17, 15) is 0 Å². The molecule has 15 heavy (non-hydrogen) atoms. The lowest BCUT2D eigenvalue weighted by atomic mass is 10.1. The van der Waals surface area contributed by atoms with Crippen molar-refractivity contribution in [3.8, 4) is 11.4 Å². The zero-order valence-electron chi connectivity index (χ0n) is 8.77. The summed E-state index contributed by atoms with van der Waals surface area (Å²) >= 11 is 0. The Hall–Kier alpha value is -1.68. The molecule has 0 unspecified atom stereocenters. The van der Waals surface area contributed by atoms with Crippen LogP contribution in [0.2, 0.25) is 0 Å². The van der Waals surface area contributed by atoms with Gasteiger partial charge in [-0.25, -0.2) is 0 Å². The molecule has 0 spiro atoms. The van der Waals surface area contributed by atoms with Crippen LogP contribution in [-0.4, -0.2) is 10.1 Å². The quantitative estimate of drug-likeness (QED) is 0.811. The molecule has 0 aliphatic carbocycles. The maximum absolute atomic E-state index is 5.65. The molecule has 1 heterocycles. The van der Waals surface area contributed by atoms with Gasteiger partial charge in [-0.1, -0.05) is 29.4 Å². The van der Waals surface area contributed by atoms with Crippen LogP contribution in [0.1, 0.15) is 24.4 Å². The summed E-state index contributed by atoms with van der Waals surface area (Å²) in [5, 5.41) is 3.90. The Morgan fingerprint density at radius 3 is 2.67 bits per heavy atom. The van der Waals surface area contributed by atoms with Gasteiger partial charge in [0, 0.05) is 5.56 Å². The molecule has 1 aromatic carbocycles. The number of aryl methyl sites for hydroxylation is 1. The van der Waals surface area contributed by atoms with Gasteiger partial charge in [-0.05, 0) is 19.4 Å². The van der Waals surface area contributed by atoms with Crippen molar-refractivity contribution >= 4 is 0 Å². The molecule has 2 aromatic rings. The van der Waals surface area contributed by atoms with E-state index in [0.717, 1.165) is 11.1 Å². The number of rotatable bonds is 2. The Morgan fingerprint density at radius 2 is 2.07 bits per heavy atom. The van der Waals surface area contributed by atoms with Gasteiger partial charge in [-0.3, -0.25) is 0 Å². The molecule has 0 aliphatic rings. The average Bonchev–Trinajstić information content (AvgIpc) is 2.67. The van der Waals surface area contributed by atoms with Crippen LogP contribution >= 0.6 is 0 Å². The highest BCUT2D eigenvalue weighted by molar-refractivity contribution is 5.58. The van der Waals surface area contributed by atoms with E-state index in [4.69, 9.17) is 10.3 Å². The number of aromatic nitrogens is 2. The van der Waals surface area contributed by atoms with Crippen molar-refractivity contribution in [2.75, 3.05) is 0 Å². The predicted octanol–water partition coefficient (Wildman–Crippen LogP) is 2.06. The Balaban J connectivity index is 2.42. The zero-order chi connectivity index (χ0) is 10.8. The van der Waals surface area contributed by atoms with Gasteiger partial charge >= 0.3 is 0 Å². The van der Waals surface area contributed by atoms with E-state index in [1.165, 1.54) is 0 Å². The largest absolute Gasteiger partial charge is 0.337 e. The maximum Gasteiger partial charge on any atom is 0.243 e. The van der Waals surface area contributed by atoms with Crippen molar-refractivity contribution in [3.05, 3.63) is 35.7 Å². The lowest BCUT2D eigenvalue weighted by Gasteiger charge is -1.98. The van der Waals surface area contributed by atoms with E-state index in [0.29, 0.717) is 11.7 Å². The summed E-state index contributed by atoms with van der Waals surface area (Å²) in [6, 6.07) is 7.67. The van der Waals surface area contributed by atoms with Crippen LogP contribution < -0.4 is 5.73 Å². The monoisotopic (exact) mass is 203 g/mol. The lowest BCUT2D eigenvalue weighted by molar-refractivity contribution is 0.362. The normalized spacial score (nSPS) is 12.7. The van der Waals surface area contributed by atoms with Crippen LogP contribution in [0.25, 0.3) is 11.4 Å². The summed E-state index contributed by atoms with van der Waals surface area (Å²) in [4.78, 5) is 4.24. The smallest absolute Gasteiger partial charge is 0.243 e. The van der Waals surface area contributed by atoms with Gasteiger partial charge in [-0.2, -0.15) is 4.98 Å². The summed E-state index contributed by atoms with van der Waals surface area (Å²) in [5.74, 6) is 1.06. The minimum Gasteiger partial charge on any atom is -0.337 e. The molecule has 0 saturated carbocycles. The Kier molecular flexibility index (Phi) is 2.51. The number of nitrogens with two attached hydrogens (primary N) is 1. The van der Waals surface area contributed by atoms with Gasteiger partial charge in [-0.15, -0.1) is 0 Å². The minimum atomic E-state index is -0.227. The summed E-state index contributed by atoms with van der Waals surface area (Å²) in [7, 11) is 0. The van der Waals surface area contributed by atoms with Gasteiger partial charge in [0.15, 0.2) is 0 Å². The molecule has 1 aromatic heterocycles. The van der Waals surface area contributed by atoms with Crippen LogP contribution in [0.15, 0.2) is 28.8 Å². The highest BCUT2D eigenvalue weighted by Gasteiger charge is 2.12. The average molecular weight is 203 g/mol. The third-order valence-corrected chi connectivity index (χ3v) is 2.22. The Bertz CT molecular complexity index is 462. The predicted molar refractivity (Wildman–Crippen MR) is 57.1 cm³/mol. The first-order valence-corrected chi connectivity index (χ1v) is 4.83. The topological polar surface area (TPSA) is 64.9 Å². The second-order valence-electron chi connectivity index (χ2n) is 3.56. The van der Waals surface area contributed by atoms with Crippen molar-refractivity contribution in [3.63, 3.8) is 0 Å². The zero-order valence-corrected chi connectivity index (χ0v) is 8.77. The number of benzene rings is 1. The van der Waals surface area contributed by atoms with Crippen molar-refractivity contribution in [1.82, 2.24) is 10.1 Å². The number of hydrogen-bond acceptors (Lipinski definition) is 4. The molecule has 0 aliphatic heterocycles. The second kappa shape index (κ2) is 3.82. The fourth-order valence-corrected chi connectivity index (χ4v) is 1.35. The SMILES string of the molecule is Cc1ccccc1-c1noc([C@@H](C)N)n1. The van der Waals surface area contributed by atoms with Crippen molar-refractivity contribution in [2.24, 2.45) is 5.73 Å². The molecule has 0 radical (unpaired) electrons. The lowest BCUT2D eigenvalue weighted by Crippen LogP contribution is -2.04. The molecule has 2 N–H and O–H groups in total. The van der Waals surface area contributed by atoms with Gasteiger partial charge in [0.05, 0.1) is 6.04 Å². The molecule has 78 valence electrons. The van der Waals surface area contributed by atoms with Crippen LogP contribution in [0, 0.1) is 6.92 Å². The fraction of sp³-hybridized carbons (Fsp3) is 0.273. The molecular formula is C11H13N3O. The number of hydrogen-bond donors (Lipinski definition) is 1. The van der Waals surface area contributed by atoms with E-state index in [1.807, 2.05) is 38.1 Å². The number of nitrogens with zero attached hydrogens (tertiary/aromatic N) is 2. The highest BCUT2D eigenvalue weighted by Crippen LogP contribution is 2.20. The van der Waals surface area contributed by atoms with Crippen molar-refractivity contribution in [1.29, 1.82) is 0 Å². The third kappa shape index (κ3) is 1.89. The summed E-state index contributed by atoms with van der Waals surface area (Å²) in [6.07, 6.45) is 0. The van der Waals surface area contributed by atoms with E-state index in [-0.39, 0.29) is 6.04 Å². The standard InChI is InChI=1S/C11H13N3O/c1-7-5-3-4-6-9(7)10-13-11(8(2)12)15-14-10/h3-6,8H,12H2,1-2H3/t8-/m1/s1. The van der Waals surface area contributed by atoms with Gasteiger partial charge in [0.25, 0.3) is 0 Å². The van der Waals surface area contributed by atoms with Crippen molar-refractivity contribution in [2.45, 2.75) is 19.9 Å². The Labute approximate surface area is 88.1 Å². The van der Waals surface area contributed by atoms with E-state index in [2.05, 4.69) is 10.1 Å². The second-order valence-corrected chi connectivity index (χ2v) is 3.56. The summed E-state index contributed by atoms with van der Waals surface area (Å²) in [6.45, 7) is 3.83. The van der Waals surface area contributed by atoms with Crippen molar-refractivity contribution < 1.29 is 4.52 Å². The molecule has 0 fully saturated rings. The Morgan fingerprint density at radius 1 is 1.33 bits per heavy atom. The van der Waals surface area contributed by atoms with Crippen LogP contribution in [0.3, 0.4) is 0 Å². The van der Waals surface area contributed by atoms with Crippen LogP contribution in [-0.2, 0) is 0 Å². The molecule has 1 atom stereocenters. The maximum atomic E-state index is 5.65. The molecule has 4 nitrogen and oxygen atoms in total. The summed E-state index contributed by atoms with van der Waals surface area (Å²) in [5.41, 5.74) is 7.75. The first-order chi connectivity index (χ1) is 7.18. The highest BCUT2D eigenvalue weighted by atomic mass is 16.5. The van der Waals surface area contributed by atoms with Crippen LogP contribution in [0.5, 0.6) is 0 Å². The first-order valence-electron chi connectivity index (χ1n) is 4.83. The van der Waals surface area contributed by atoms with Gasteiger partial charge in [0.1, 0.15) is 0 Å². The first kappa shape index (κ1) is 9.86. The molecule has 2 rings (SSSR count). The molecule has 0 saturated heterocycles.